The fraction of sp³-hybridized carbons (Fsp3) is 0.211. The molecule has 1 aromatic carbocycles. The number of aromatic nitrogens is 3. The van der Waals surface area contributed by atoms with Crippen molar-refractivity contribution in [3.63, 3.8) is 0 Å². The Balaban J connectivity index is 2.29. The highest BCUT2D eigenvalue weighted by molar-refractivity contribution is 5.92. The minimum atomic E-state index is -0.567. The zero-order chi connectivity index (χ0) is 16.6. The molecule has 0 aliphatic heterocycles. The molecule has 0 aliphatic rings. The number of fused-ring (bicyclic) bond motifs is 1. The predicted octanol–water partition coefficient (Wildman–Crippen LogP) is 4.46. The van der Waals surface area contributed by atoms with Crippen LogP contribution in [0.4, 0.5) is 0 Å². The topological polar surface area (TPSA) is 65.4 Å². The molecule has 3 aromatic rings. The number of H-pyrrole nitrogens is 1. The summed E-state index contributed by atoms with van der Waals surface area (Å²) in [7, 11) is 0. The summed E-state index contributed by atoms with van der Waals surface area (Å²) in [4.78, 5) is 4.28. The van der Waals surface area contributed by atoms with Gasteiger partial charge in [0.05, 0.1) is 17.7 Å². The van der Waals surface area contributed by atoms with Gasteiger partial charge < -0.3 is 0 Å². The first-order valence-corrected chi connectivity index (χ1v) is 7.43. The van der Waals surface area contributed by atoms with Crippen LogP contribution in [0, 0.1) is 11.3 Å². The van der Waals surface area contributed by atoms with Crippen molar-refractivity contribution in [1.82, 2.24) is 15.2 Å². The number of benzene rings is 1. The fourth-order valence-corrected chi connectivity index (χ4v) is 2.56. The van der Waals surface area contributed by atoms with E-state index in [4.69, 9.17) is 0 Å². The second-order valence-electron chi connectivity index (χ2n) is 6.31. The molecule has 2 heterocycles. The van der Waals surface area contributed by atoms with Crippen molar-refractivity contribution in [2.24, 2.45) is 0 Å². The maximum absolute atomic E-state index is 9.48. The number of pyridine rings is 1. The normalized spacial score (nSPS) is 11.4. The molecule has 0 spiro atoms. The first kappa shape index (κ1) is 15.0. The molecule has 114 valence electrons. The second-order valence-corrected chi connectivity index (χ2v) is 6.31. The van der Waals surface area contributed by atoms with Crippen LogP contribution < -0.4 is 0 Å². The van der Waals surface area contributed by atoms with E-state index in [9.17, 15) is 5.26 Å². The zero-order valence-electron chi connectivity index (χ0n) is 13.5. The summed E-state index contributed by atoms with van der Waals surface area (Å²) in [6, 6.07) is 10.6. The van der Waals surface area contributed by atoms with Crippen LogP contribution in [0.5, 0.6) is 0 Å². The SMILES string of the molecule is C=C(C)c1cc(-c2ccnc3[nH]ncc23)cc(C(C)(C)C#N)c1. The van der Waals surface area contributed by atoms with Crippen LogP contribution in [0.2, 0.25) is 0 Å². The molecule has 1 N–H and O–H groups in total. The molecule has 0 aliphatic carbocycles. The van der Waals surface area contributed by atoms with Crippen LogP contribution in [0.1, 0.15) is 31.9 Å². The molecule has 0 atom stereocenters. The van der Waals surface area contributed by atoms with Gasteiger partial charge in [-0.1, -0.05) is 12.2 Å². The quantitative estimate of drug-likeness (QED) is 0.776. The molecule has 0 amide bonds. The summed E-state index contributed by atoms with van der Waals surface area (Å²) in [5, 5.41) is 17.4. The summed E-state index contributed by atoms with van der Waals surface area (Å²) in [5.74, 6) is 0. The number of nitriles is 1. The molecule has 0 bridgehead atoms. The predicted molar refractivity (Wildman–Crippen MR) is 92.7 cm³/mol. The minimum absolute atomic E-state index is 0.567. The number of nitrogens with zero attached hydrogens (tertiary/aromatic N) is 3. The van der Waals surface area contributed by atoms with Crippen molar-refractivity contribution in [3.05, 3.63) is 54.4 Å². The zero-order valence-corrected chi connectivity index (χ0v) is 13.5. The number of nitrogens with one attached hydrogen (secondary N) is 1. The molecule has 0 radical (unpaired) electrons. The molecule has 23 heavy (non-hydrogen) atoms. The first-order chi connectivity index (χ1) is 10.9. The molecule has 4 heteroatoms. The molecular weight excluding hydrogens is 284 g/mol. The Morgan fingerprint density at radius 1 is 1.30 bits per heavy atom. The summed E-state index contributed by atoms with van der Waals surface area (Å²) in [6.45, 7) is 9.87. The number of hydrogen-bond acceptors (Lipinski definition) is 3. The lowest BCUT2D eigenvalue weighted by Gasteiger charge is -2.19. The summed E-state index contributed by atoms with van der Waals surface area (Å²) in [5.41, 5.74) is 5.25. The monoisotopic (exact) mass is 302 g/mol. The van der Waals surface area contributed by atoms with Crippen LogP contribution in [-0.2, 0) is 5.41 Å². The van der Waals surface area contributed by atoms with Gasteiger partial charge in [0.15, 0.2) is 5.65 Å². The van der Waals surface area contributed by atoms with Gasteiger partial charge in [-0.25, -0.2) is 4.98 Å². The van der Waals surface area contributed by atoms with E-state index < -0.39 is 5.41 Å². The fourth-order valence-electron chi connectivity index (χ4n) is 2.56. The van der Waals surface area contributed by atoms with Gasteiger partial charge in [-0.15, -0.1) is 0 Å². The van der Waals surface area contributed by atoms with Crippen LogP contribution in [0.25, 0.3) is 27.7 Å². The Bertz CT molecular complexity index is 941. The van der Waals surface area contributed by atoms with Gasteiger partial charge in [-0.3, -0.25) is 5.10 Å². The van der Waals surface area contributed by atoms with Gasteiger partial charge >= 0.3 is 0 Å². The minimum Gasteiger partial charge on any atom is -0.261 e. The van der Waals surface area contributed by atoms with Gasteiger partial charge in [0.25, 0.3) is 0 Å². The highest BCUT2D eigenvalue weighted by Crippen LogP contribution is 2.33. The first-order valence-electron chi connectivity index (χ1n) is 7.43. The molecule has 2 aromatic heterocycles. The van der Waals surface area contributed by atoms with E-state index in [0.29, 0.717) is 0 Å². The Hall–Kier alpha value is -2.93. The molecule has 0 unspecified atom stereocenters. The molecule has 0 saturated carbocycles. The Morgan fingerprint density at radius 2 is 2.09 bits per heavy atom. The molecule has 4 nitrogen and oxygen atoms in total. The average molecular weight is 302 g/mol. The van der Waals surface area contributed by atoms with Crippen molar-refractivity contribution >= 4 is 16.6 Å². The third-order valence-corrected chi connectivity index (χ3v) is 4.09. The van der Waals surface area contributed by atoms with Gasteiger partial charge in [0, 0.05) is 11.6 Å². The van der Waals surface area contributed by atoms with Crippen molar-refractivity contribution in [2.45, 2.75) is 26.2 Å². The van der Waals surface area contributed by atoms with Gasteiger partial charge in [-0.05, 0) is 67.3 Å². The molecule has 3 rings (SSSR count). The van der Waals surface area contributed by atoms with Crippen LogP contribution in [-0.4, -0.2) is 15.2 Å². The number of aromatic amines is 1. The number of hydrogen-bond donors (Lipinski definition) is 1. The van der Waals surface area contributed by atoms with Gasteiger partial charge in [-0.2, -0.15) is 10.4 Å². The largest absolute Gasteiger partial charge is 0.261 e. The third-order valence-electron chi connectivity index (χ3n) is 4.09. The molecule has 0 saturated heterocycles. The molecular formula is C19H18N4. The van der Waals surface area contributed by atoms with E-state index >= 15 is 0 Å². The van der Waals surface area contributed by atoms with E-state index in [1.54, 1.807) is 12.4 Å². The van der Waals surface area contributed by atoms with Crippen molar-refractivity contribution in [3.8, 4) is 17.2 Å². The second kappa shape index (κ2) is 5.36. The van der Waals surface area contributed by atoms with E-state index in [2.05, 4.69) is 40.0 Å². The summed E-state index contributed by atoms with van der Waals surface area (Å²) < 4.78 is 0. The van der Waals surface area contributed by atoms with Crippen molar-refractivity contribution in [2.75, 3.05) is 0 Å². The maximum atomic E-state index is 9.48. The molecule has 0 fully saturated rings. The number of allylic oxidation sites excluding steroid dienone is 1. The standard InChI is InChI=1S/C19H18N4/c1-12(2)13-7-14(9-15(8-13)19(3,4)11-20)16-5-6-21-18-17(16)10-22-23-18/h5-10H,1H2,2-4H3,(H,21,22,23). The van der Waals surface area contributed by atoms with Crippen LogP contribution in [0.3, 0.4) is 0 Å². The Morgan fingerprint density at radius 3 is 2.78 bits per heavy atom. The van der Waals surface area contributed by atoms with Crippen molar-refractivity contribution < 1.29 is 0 Å². The van der Waals surface area contributed by atoms with Gasteiger partial charge in [0.2, 0.25) is 0 Å². The Labute approximate surface area is 135 Å². The van der Waals surface area contributed by atoms with Crippen LogP contribution in [0.15, 0.2) is 43.2 Å². The van der Waals surface area contributed by atoms with E-state index in [1.165, 1.54) is 0 Å². The lowest BCUT2D eigenvalue weighted by Crippen LogP contribution is -2.14. The van der Waals surface area contributed by atoms with Crippen LogP contribution >= 0.6 is 0 Å². The maximum Gasteiger partial charge on any atom is 0.155 e. The van der Waals surface area contributed by atoms with E-state index in [-0.39, 0.29) is 0 Å². The summed E-state index contributed by atoms with van der Waals surface area (Å²) in [6.07, 6.45) is 3.54. The summed E-state index contributed by atoms with van der Waals surface area (Å²) >= 11 is 0. The highest BCUT2D eigenvalue weighted by Gasteiger charge is 2.21. The average Bonchev–Trinajstić information content (AvgIpc) is 3.02. The lowest BCUT2D eigenvalue weighted by molar-refractivity contribution is 0.687. The van der Waals surface area contributed by atoms with Crippen molar-refractivity contribution in [1.29, 1.82) is 5.26 Å². The van der Waals surface area contributed by atoms with E-state index in [1.807, 2.05) is 32.9 Å². The third kappa shape index (κ3) is 2.62. The Kier molecular flexibility index (Phi) is 3.49. The van der Waals surface area contributed by atoms with Gasteiger partial charge in [0.1, 0.15) is 0 Å². The highest BCUT2D eigenvalue weighted by atomic mass is 15.1. The van der Waals surface area contributed by atoms with E-state index in [0.717, 1.165) is 38.9 Å². The smallest absolute Gasteiger partial charge is 0.155 e. The number of rotatable bonds is 3. The lowest BCUT2D eigenvalue weighted by atomic mass is 9.83.